The Morgan fingerprint density at radius 1 is 1.11 bits per heavy atom. The number of hydrogen-bond donors (Lipinski definition) is 1. The van der Waals surface area contributed by atoms with Crippen LogP contribution < -0.4 is 9.62 Å². The zero-order valence-corrected chi connectivity index (χ0v) is 21.8. The van der Waals surface area contributed by atoms with Crippen molar-refractivity contribution < 1.29 is 31.2 Å². The molecule has 12 heteroatoms. The van der Waals surface area contributed by atoms with Gasteiger partial charge in [-0.1, -0.05) is 36.7 Å². The van der Waals surface area contributed by atoms with Crippen LogP contribution in [-0.4, -0.2) is 51.0 Å². The highest BCUT2D eigenvalue weighted by atomic mass is 35.5. The summed E-state index contributed by atoms with van der Waals surface area (Å²) in [6.07, 6.45) is -3.48. The number of anilines is 1. The first kappa shape index (κ1) is 29.4. The minimum Gasteiger partial charge on any atom is -0.357 e. The molecule has 0 aliphatic rings. The third kappa shape index (κ3) is 8.12. The van der Waals surface area contributed by atoms with Crippen LogP contribution >= 0.6 is 11.6 Å². The third-order valence-corrected chi connectivity index (χ3v) is 6.96. The number of likely N-dealkylation sites (N-methyl/N-ethyl adjacent to an activating group) is 1. The summed E-state index contributed by atoms with van der Waals surface area (Å²) in [5, 5.41) is 3.06. The number of benzene rings is 2. The lowest BCUT2D eigenvalue weighted by atomic mass is 10.1. The number of alkyl halides is 3. The molecule has 1 atom stereocenters. The zero-order valence-electron chi connectivity index (χ0n) is 20.2. The van der Waals surface area contributed by atoms with E-state index in [0.29, 0.717) is 11.4 Å². The minimum atomic E-state index is -4.63. The second kappa shape index (κ2) is 12.4. The van der Waals surface area contributed by atoms with Gasteiger partial charge in [0.25, 0.3) is 0 Å². The molecule has 0 unspecified atom stereocenters. The van der Waals surface area contributed by atoms with Gasteiger partial charge < -0.3 is 10.2 Å². The Kier molecular flexibility index (Phi) is 10.2. The first-order valence-electron chi connectivity index (χ1n) is 11.2. The van der Waals surface area contributed by atoms with Crippen LogP contribution in [0.25, 0.3) is 0 Å². The maximum atomic E-state index is 13.2. The average Bonchev–Trinajstić information content (AvgIpc) is 2.81. The van der Waals surface area contributed by atoms with Crippen LogP contribution in [0, 0.1) is 0 Å². The summed E-state index contributed by atoms with van der Waals surface area (Å²) >= 11 is 5.93. The molecule has 0 aromatic heterocycles. The van der Waals surface area contributed by atoms with Gasteiger partial charge in [-0.3, -0.25) is 13.9 Å². The number of sulfonamides is 1. The second-order valence-electron chi connectivity index (χ2n) is 8.17. The number of nitrogens with zero attached hydrogens (tertiary/aromatic N) is 2. The van der Waals surface area contributed by atoms with Crippen molar-refractivity contribution in [3.63, 3.8) is 0 Å². The zero-order chi connectivity index (χ0) is 27.1. The van der Waals surface area contributed by atoms with Crippen molar-refractivity contribution >= 4 is 39.1 Å². The smallest absolute Gasteiger partial charge is 0.357 e. The summed E-state index contributed by atoms with van der Waals surface area (Å²) in [6.45, 7) is 1.68. The van der Waals surface area contributed by atoms with E-state index >= 15 is 0 Å². The van der Waals surface area contributed by atoms with Crippen molar-refractivity contribution in [2.24, 2.45) is 0 Å². The van der Waals surface area contributed by atoms with Crippen LogP contribution in [0.15, 0.2) is 48.5 Å². The Balaban J connectivity index is 2.22. The summed E-state index contributed by atoms with van der Waals surface area (Å²) in [6, 6.07) is 10.1. The summed E-state index contributed by atoms with van der Waals surface area (Å²) in [5.41, 5.74) is -0.373. The van der Waals surface area contributed by atoms with Crippen molar-refractivity contribution in [3.05, 3.63) is 64.7 Å². The maximum absolute atomic E-state index is 13.2. The molecule has 1 N–H and O–H groups in total. The van der Waals surface area contributed by atoms with E-state index in [9.17, 15) is 31.2 Å². The van der Waals surface area contributed by atoms with Gasteiger partial charge in [-0.05, 0) is 48.7 Å². The molecule has 2 aromatic carbocycles. The molecule has 0 saturated carbocycles. The van der Waals surface area contributed by atoms with Crippen molar-refractivity contribution in [1.82, 2.24) is 10.2 Å². The normalized spacial score (nSPS) is 12.6. The molecule has 36 heavy (non-hydrogen) atoms. The lowest BCUT2D eigenvalue weighted by Gasteiger charge is -2.31. The van der Waals surface area contributed by atoms with E-state index < -0.39 is 33.7 Å². The van der Waals surface area contributed by atoms with E-state index in [1.54, 1.807) is 31.2 Å². The fourth-order valence-corrected chi connectivity index (χ4v) is 4.80. The Hall–Kier alpha value is -2.79. The molecule has 0 spiro atoms. The maximum Gasteiger partial charge on any atom is 0.416 e. The molecule has 0 bridgehead atoms. The molecule has 0 heterocycles. The van der Waals surface area contributed by atoms with Crippen LogP contribution in [0.2, 0.25) is 5.02 Å². The Morgan fingerprint density at radius 2 is 1.75 bits per heavy atom. The summed E-state index contributed by atoms with van der Waals surface area (Å²) < 4.78 is 64.9. The van der Waals surface area contributed by atoms with Crippen molar-refractivity contribution in [2.75, 3.05) is 24.2 Å². The van der Waals surface area contributed by atoms with Gasteiger partial charge in [0.05, 0.1) is 17.5 Å². The molecule has 2 aromatic rings. The molecule has 0 saturated heterocycles. The monoisotopic (exact) mass is 547 g/mol. The number of carbonyl (C=O) groups excluding carboxylic acids is 2. The van der Waals surface area contributed by atoms with Crippen LogP contribution in [0.3, 0.4) is 0 Å². The van der Waals surface area contributed by atoms with E-state index in [1.165, 1.54) is 18.0 Å². The predicted molar refractivity (Wildman–Crippen MR) is 133 cm³/mol. The van der Waals surface area contributed by atoms with E-state index in [0.717, 1.165) is 34.3 Å². The van der Waals surface area contributed by atoms with Gasteiger partial charge >= 0.3 is 6.18 Å². The van der Waals surface area contributed by atoms with Gasteiger partial charge in [0.15, 0.2) is 0 Å². The highest BCUT2D eigenvalue weighted by molar-refractivity contribution is 7.92. The van der Waals surface area contributed by atoms with Crippen molar-refractivity contribution in [2.45, 2.75) is 44.9 Å². The number of amides is 2. The number of nitrogens with one attached hydrogen (secondary N) is 1. The summed E-state index contributed by atoms with van der Waals surface area (Å²) in [7, 11) is -2.46. The highest BCUT2D eigenvalue weighted by Gasteiger charge is 2.32. The van der Waals surface area contributed by atoms with Crippen LogP contribution in [-0.2, 0) is 32.3 Å². The van der Waals surface area contributed by atoms with E-state index in [1.807, 2.05) is 0 Å². The van der Waals surface area contributed by atoms with E-state index in [2.05, 4.69) is 5.32 Å². The SMILES string of the molecule is CC[C@@H](C(=O)NC)N(Cc1ccc(Cl)cc1)C(=O)CCCN(c1cccc(C(F)(F)F)c1)S(C)(=O)=O. The van der Waals surface area contributed by atoms with Gasteiger partial charge in [0.2, 0.25) is 21.8 Å². The number of carbonyl (C=O) groups is 2. The molecule has 7 nitrogen and oxygen atoms in total. The Bertz CT molecular complexity index is 1160. The lowest BCUT2D eigenvalue weighted by Crippen LogP contribution is -2.48. The molecule has 0 aliphatic carbocycles. The molecule has 0 aliphatic heterocycles. The molecule has 0 fully saturated rings. The van der Waals surface area contributed by atoms with Crippen molar-refractivity contribution in [1.29, 1.82) is 0 Å². The first-order valence-corrected chi connectivity index (χ1v) is 13.4. The molecule has 2 amide bonds. The fourth-order valence-electron chi connectivity index (χ4n) is 3.71. The second-order valence-corrected chi connectivity index (χ2v) is 10.5. The van der Waals surface area contributed by atoms with E-state index in [4.69, 9.17) is 11.6 Å². The van der Waals surface area contributed by atoms with Gasteiger partial charge in [0, 0.05) is 31.6 Å². The lowest BCUT2D eigenvalue weighted by molar-refractivity contribution is -0.141. The van der Waals surface area contributed by atoms with Crippen LogP contribution in [0.1, 0.15) is 37.3 Å². The third-order valence-electron chi connectivity index (χ3n) is 5.51. The first-order chi connectivity index (χ1) is 16.8. The molecule has 198 valence electrons. The summed E-state index contributed by atoms with van der Waals surface area (Å²) in [5.74, 6) is -0.737. The molecular weight excluding hydrogens is 519 g/mol. The van der Waals surface area contributed by atoms with Crippen molar-refractivity contribution in [3.8, 4) is 0 Å². The predicted octanol–water partition coefficient (Wildman–Crippen LogP) is 4.46. The largest absolute Gasteiger partial charge is 0.416 e. The standard InChI is InChI=1S/C24H29ClF3N3O4S/c1-4-21(23(33)29-2)30(16-17-10-12-19(25)13-11-17)22(32)9-6-14-31(36(3,34)35)20-8-5-7-18(15-20)24(26,27)28/h5,7-8,10-13,15,21H,4,6,9,14,16H2,1-3H3,(H,29,33)/t21-/m0/s1. The van der Waals surface area contributed by atoms with Gasteiger partial charge in [-0.15, -0.1) is 0 Å². The number of halogens is 4. The fraction of sp³-hybridized carbons (Fsp3) is 0.417. The van der Waals surface area contributed by atoms with Crippen LogP contribution in [0.4, 0.5) is 18.9 Å². The molecular formula is C24H29ClF3N3O4S. The number of hydrogen-bond acceptors (Lipinski definition) is 4. The molecule has 0 radical (unpaired) electrons. The Labute approximate surface area is 214 Å². The summed E-state index contributed by atoms with van der Waals surface area (Å²) in [4.78, 5) is 27.0. The van der Waals surface area contributed by atoms with E-state index in [-0.39, 0.29) is 37.5 Å². The minimum absolute atomic E-state index is 0.0312. The highest BCUT2D eigenvalue weighted by Crippen LogP contribution is 2.32. The van der Waals surface area contributed by atoms with Gasteiger partial charge in [-0.25, -0.2) is 8.42 Å². The average molecular weight is 548 g/mol. The number of rotatable bonds is 11. The topological polar surface area (TPSA) is 86.8 Å². The Morgan fingerprint density at radius 3 is 2.28 bits per heavy atom. The van der Waals surface area contributed by atoms with Gasteiger partial charge in [-0.2, -0.15) is 13.2 Å². The quantitative estimate of drug-likeness (QED) is 0.450. The van der Waals surface area contributed by atoms with Gasteiger partial charge in [0.1, 0.15) is 6.04 Å². The van der Waals surface area contributed by atoms with Crippen LogP contribution in [0.5, 0.6) is 0 Å². The molecule has 2 rings (SSSR count).